The summed E-state index contributed by atoms with van der Waals surface area (Å²) in [6.07, 6.45) is -0.192. The maximum absolute atomic E-state index is 11.2. The zero-order valence-corrected chi connectivity index (χ0v) is 10.6. The second-order valence-corrected chi connectivity index (χ2v) is 5.02. The average molecular weight is 246 g/mol. The van der Waals surface area contributed by atoms with E-state index in [0.29, 0.717) is 13.0 Å². The molecule has 1 unspecified atom stereocenters. The molecule has 100 valence electrons. The number of nitrogens with one attached hydrogen (secondary N) is 2. The standard InChI is InChI=1S/C11H22N2O4/c1-11(2,3)8(14)7-13-10(17)12-6-4-5-9(15)16/h8,14H,4-7H2,1-3H3,(H,15,16)(H2,12,13,17). The third-order valence-electron chi connectivity index (χ3n) is 2.31. The van der Waals surface area contributed by atoms with Crippen molar-refractivity contribution in [1.82, 2.24) is 10.6 Å². The van der Waals surface area contributed by atoms with Crippen LogP contribution >= 0.6 is 0 Å². The summed E-state index contributed by atoms with van der Waals surface area (Å²) in [4.78, 5) is 21.4. The summed E-state index contributed by atoms with van der Waals surface area (Å²) in [5, 5.41) is 23.1. The Balaban J connectivity index is 3.63. The van der Waals surface area contributed by atoms with Crippen LogP contribution in [0, 0.1) is 5.41 Å². The van der Waals surface area contributed by atoms with Gasteiger partial charge in [-0.2, -0.15) is 0 Å². The van der Waals surface area contributed by atoms with Crippen molar-refractivity contribution in [2.45, 2.75) is 39.7 Å². The van der Waals surface area contributed by atoms with Crippen LogP contribution in [0.2, 0.25) is 0 Å². The molecule has 0 aliphatic rings. The molecule has 0 heterocycles. The van der Waals surface area contributed by atoms with Crippen LogP contribution in [-0.2, 0) is 4.79 Å². The minimum absolute atomic E-state index is 0.0326. The van der Waals surface area contributed by atoms with Gasteiger partial charge in [0.05, 0.1) is 6.10 Å². The molecule has 17 heavy (non-hydrogen) atoms. The van der Waals surface area contributed by atoms with Crippen LogP contribution in [-0.4, -0.2) is 41.4 Å². The third kappa shape index (κ3) is 8.50. The molecule has 4 N–H and O–H groups in total. The molecule has 0 aliphatic heterocycles. The number of urea groups is 1. The molecule has 0 aromatic carbocycles. The maximum Gasteiger partial charge on any atom is 0.314 e. The molecule has 0 rings (SSSR count). The summed E-state index contributed by atoms with van der Waals surface area (Å²) in [5.41, 5.74) is -0.281. The fourth-order valence-electron chi connectivity index (χ4n) is 1.000. The molecular weight excluding hydrogens is 224 g/mol. The minimum Gasteiger partial charge on any atom is -0.481 e. The maximum atomic E-state index is 11.2. The van der Waals surface area contributed by atoms with Gasteiger partial charge in [0.25, 0.3) is 0 Å². The minimum atomic E-state index is -0.879. The molecule has 0 radical (unpaired) electrons. The van der Waals surface area contributed by atoms with Crippen molar-refractivity contribution in [3.8, 4) is 0 Å². The van der Waals surface area contributed by atoms with Gasteiger partial charge < -0.3 is 20.8 Å². The molecule has 0 aromatic rings. The number of aliphatic hydroxyl groups is 1. The van der Waals surface area contributed by atoms with Gasteiger partial charge in [0.15, 0.2) is 0 Å². The van der Waals surface area contributed by atoms with Gasteiger partial charge in [-0.1, -0.05) is 20.8 Å². The number of aliphatic hydroxyl groups excluding tert-OH is 1. The zero-order valence-electron chi connectivity index (χ0n) is 10.6. The lowest BCUT2D eigenvalue weighted by atomic mass is 9.89. The first-order chi connectivity index (χ1) is 7.73. The van der Waals surface area contributed by atoms with Crippen LogP contribution in [0.5, 0.6) is 0 Å². The molecular formula is C11H22N2O4. The summed E-state index contributed by atoms with van der Waals surface area (Å²) < 4.78 is 0. The number of hydrogen-bond acceptors (Lipinski definition) is 3. The van der Waals surface area contributed by atoms with Gasteiger partial charge >= 0.3 is 12.0 Å². The molecule has 6 heteroatoms. The van der Waals surface area contributed by atoms with Gasteiger partial charge in [-0.15, -0.1) is 0 Å². The number of aliphatic carboxylic acids is 1. The number of carboxylic acid groups (broad SMARTS) is 1. The quantitative estimate of drug-likeness (QED) is 0.514. The van der Waals surface area contributed by atoms with Crippen molar-refractivity contribution < 1.29 is 19.8 Å². The van der Waals surface area contributed by atoms with Gasteiger partial charge in [0.2, 0.25) is 0 Å². The predicted molar refractivity (Wildman–Crippen MR) is 63.7 cm³/mol. The Morgan fingerprint density at radius 1 is 1.24 bits per heavy atom. The first-order valence-corrected chi connectivity index (χ1v) is 5.65. The highest BCUT2D eigenvalue weighted by atomic mass is 16.4. The SMILES string of the molecule is CC(C)(C)C(O)CNC(=O)NCCCC(=O)O. The van der Waals surface area contributed by atoms with Crippen molar-refractivity contribution in [2.24, 2.45) is 5.41 Å². The molecule has 0 bridgehead atoms. The smallest absolute Gasteiger partial charge is 0.314 e. The van der Waals surface area contributed by atoms with E-state index < -0.39 is 18.1 Å². The highest BCUT2D eigenvalue weighted by Crippen LogP contribution is 2.17. The van der Waals surface area contributed by atoms with Crippen molar-refractivity contribution in [3.05, 3.63) is 0 Å². The van der Waals surface area contributed by atoms with E-state index in [2.05, 4.69) is 10.6 Å². The first-order valence-electron chi connectivity index (χ1n) is 5.65. The summed E-state index contributed by atoms with van der Waals surface area (Å²) >= 11 is 0. The van der Waals surface area contributed by atoms with Crippen LogP contribution < -0.4 is 10.6 Å². The number of amides is 2. The fraction of sp³-hybridized carbons (Fsp3) is 0.818. The number of carbonyl (C=O) groups is 2. The summed E-state index contributed by atoms with van der Waals surface area (Å²) in [6, 6.07) is -0.390. The van der Waals surface area contributed by atoms with Gasteiger partial charge in [-0.05, 0) is 11.8 Å². The number of carboxylic acids is 1. The van der Waals surface area contributed by atoms with E-state index in [-0.39, 0.29) is 18.4 Å². The van der Waals surface area contributed by atoms with Gasteiger partial charge in [0.1, 0.15) is 0 Å². The number of rotatable bonds is 6. The molecule has 1 atom stereocenters. The Bertz CT molecular complexity index is 261. The Morgan fingerprint density at radius 2 is 1.82 bits per heavy atom. The van der Waals surface area contributed by atoms with Crippen molar-refractivity contribution in [2.75, 3.05) is 13.1 Å². The van der Waals surface area contributed by atoms with E-state index in [4.69, 9.17) is 5.11 Å². The summed E-state index contributed by atoms with van der Waals surface area (Å²) in [5.74, 6) is -0.879. The molecule has 0 aromatic heterocycles. The Kier molecular flexibility index (Phi) is 6.57. The predicted octanol–water partition coefficient (Wildman–Crippen LogP) is 0.557. The zero-order chi connectivity index (χ0) is 13.5. The van der Waals surface area contributed by atoms with E-state index >= 15 is 0 Å². The Hall–Kier alpha value is -1.30. The normalized spacial score (nSPS) is 12.9. The van der Waals surface area contributed by atoms with Crippen molar-refractivity contribution in [1.29, 1.82) is 0 Å². The highest BCUT2D eigenvalue weighted by Gasteiger charge is 2.22. The van der Waals surface area contributed by atoms with Crippen LogP contribution in [0.3, 0.4) is 0 Å². The molecule has 0 aliphatic carbocycles. The lowest BCUT2D eigenvalue weighted by Gasteiger charge is -2.25. The molecule has 0 saturated heterocycles. The second kappa shape index (κ2) is 7.11. The summed E-state index contributed by atoms with van der Waals surface area (Å²) in [6.45, 7) is 6.12. The lowest BCUT2D eigenvalue weighted by molar-refractivity contribution is -0.137. The van der Waals surface area contributed by atoms with Crippen LogP contribution in [0.4, 0.5) is 4.79 Å². The van der Waals surface area contributed by atoms with Gasteiger partial charge in [-0.25, -0.2) is 4.79 Å². The van der Waals surface area contributed by atoms with E-state index in [1.54, 1.807) is 0 Å². The Labute approximate surface area is 101 Å². The molecule has 6 nitrogen and oxygen atoms in total. The van der Waals surface area contributed by atoms with Gasteiger partial charge in [-0.3, -0.25) is 4.79 Å². The van der Waals surface area contributed by atoms with Crippen LogP contribution in [0.25, 0.3) is 0 Å². The average Bonchev–Trinajstić information content (AvgIpc) is 2.19. The van der Waals surface area contributed by atoms with E-state index in [9.17, 15) is 14.7 Å². The van der Waals surface area contributed by atoms with E-state index in [1.807, 2.05) is 20.8 Å². The molecule has 0 fully saturated rings. The number of carbonyl (C=O) groups excluding carboxylic acids is 1. The largest absolute Gasteiger partial charge is 0.481 e. The highest BCUT2D eigenvalue weighted by molar-refractivity contribution is 5.73. The molecule has 2 amide bonds. The molecule has 0 spiro atoms. The van der Waals surface area contributed by atoms with Crippen molar-refractivity contribution >= 4 is 12.0 Å². The van der Waals surface area contributed by atoms with E-state index in [0.717, 1.165) is 0 Å². The Morgan fingerprint density at radius 3 is 2.29 bits per heavy atom. The monoisotopic (exact) mass is 246 g/mol. The molecule has 0 saturated carbocycles. The van der Waals surface area contributed by atoms with Crippen LogP contribution in [0.15, 0.2) is 0 Å². The van der Waals surface area contributed by atoms with Crippen LogP contribution in [0.1, 0.15) is 33.6 Å². The third-order valence-corrected chi connectivity index (χ3v) is 2.31. The first kappa shape index (κ1) is 15.7. The topological polar surface area (TPSA) is 98.7 Å². The summed E-state index contributed by atoms with van der Waals surface area (Å²) in [7, 11) is 0. The van der Waals surface area contributed by atoms with E-state index in [1.165, 1.54) is 0 Å². The number of hydrogen-bond donors (Lipinski definition) is 4. The fourth-order valence-corrected chi connectivity index (χ4v) is 1.000. The second-order valence-electron chi connectivity index (χ2n) is 5.02. The lowest BCUT2D eigenvalue weighted by Crippen LogP contribution is -2.43. The van der Waals surface area contributed by atoms with Gasteiger partial charge in [0, 0.05) is 19.5 Å². The van der Waals surface area contributed by atoms with Crippen molar-refractivity contribution in [3.63, 3.8) is 0 Å².